The Balaban J connectivity index is 1.94. The molecule has 0 aliphatic heterocycles. The maximum absolute atomic E-state index is 9.21. The fourth-order valence-corrected chi connectivity index (χ4v) is 3.77. The molecule has 1 aliphatic rings. The Morgan fingerprint density at radius 2 is 1.50 bits per heavy atom. The summed E-state index contributed by atoms with van der Waals surface area (Å²) in [5.74, 6) is 0. The van der Waals surface area contributed by atoms with Gasteiger partial charge in [-0.2, -0.15) is 5.26 Å². The van der Waals surface area contributed by atoms with Crippen molar-refractivity contribution in [3.8, 4) is 17.5 Å². The van der Waals surface area contributed by atoms with Crippen LogP contribution in [0, 0.1) is 11.3 Å². The van der Waals surface area contributed by atoms with Crippen molar-refractivity contribution in [3.05, 3.63) is 77.9 Å². The summed E-state index contributed by atoms with van der Waals surface area (Å²) in [4.78, 5) is 13.3. The van der Waals surface area contributed by atoms with Crippen molar-refractivity contribution in [2.45, 2.75) is 24.7 Å². The lowest BCUT2D eigenvalue weighted by molar-refractivity contribution is 0.485. The summed E-state index contributed by atoms with van der Waals surface area (Å²) >= 11 is 0. The van der Waals surface area contributed by atoms with E-state index in [1.165, 1.54) is 16.7 Å². The van der Waals surface area contributed by atoms with Crippen molar-refractivity contribution in [3.63, 3.8) is 0 Å². The molecule has 4 rings (SSSR count). The van der Waals surface area contributed by atoms with Crippen LogP contribution in [0.5, 0.6) is 0 Å². The van der Waals surface area contributed by atoms with Crippen LogP contribution in [0.2, 0.25) is 0 Å². The van der Waals surface area contributed by atoms with Crippen LogP contribution in [0.3, 0.4) is 0 Å². The second-order valence-electron chi connectivity index (χ2n) is 6.07. The average molecular weight is 312 g/mol. The highest BCUT2D eigenvalue weighted by Gasteiger charge is 2.44. The Labute approximate surface area is 140 Å². The number of pyridine rings is 3. The zero-order valence-electron chi connectivity index (χ0n) is 13.2. The van der Waals surface area contributed by atoms with Gasteiger partial charge in [0, 0.05) is 36.6 Å². The van der Waals surface area contributed by atoms with Gasteiger partial charge in [0.25, 0.3) is 0 Å². The monoisotopic (exact) mass is 312 g/mol. The third kappa shape index (κ3) is 2.17. The zero-order chi connectivity index (χ0) is 16.4. The quantitative estimate of drug-likeness (QED) is 0.737. The molecule has 0 amide bonds. The summed E-state index contributed by atoms with van der Waals surface area (Å²) in [5.41, 5.74) is 5.18. The molecule has 3 aromatic rings. The molecule has 0 unspecified atom stereocenters. The summed E-state index contributed by atoms with van der Waals surface area (Å²) in [7, 11) is 0. The molecule has 1 aliphatic carbocycles. The Kier molecular flexibility index (Phi) is 3.55. The van der Waals surface area contributed by atoms with Gasteiger partial charge in [-0.15, -0.1) is 0 Å². The Hall–Kier alpha value is -3.06. The molecule has 24 heavy (non-hydrogen) atoms. The van der Waals surface area contributed by atoms with E-state index in [1.807, 2.05) is 49.1 Å². The zero-order valence-corrected chi connectivity index (χ0v) is 13.2. The maximum Gasteiger partial charge on any atom is 0.0930 e. The number of hydrogen-bond donors (Lipinski definition) is 0. The van der Waals surface area contributed by atoms with Crippen molar-refractivity contribution < 1.29 is 0 Å². The smallest absolute Gasteiger partial charge is 0.0930 e. The van der Waals surface area contributed by atoms with Gasteiger partial charge in [0.15, 0.2) is 0 Å². The molecule has 3 heterocycles. The molecule has 4 nitrogen and oxygen atoms in total. The Morgan fingerprint density at radius 1 is 0.875 bits per heavy atom. The van der Waals surface area contributed by atoms with E-state index >= 15 is 0 Å². The molecular formula is C20H16N4. The highest BCUT2D eigenvalue weighted by atomic mass is 14.8. The maximum atomic E-state index is 9.21. The predicted molar refractivity (Wildman–Crippen MR) is 91.0 cm³/mol. The molecule has 0 saturated heterocycles. The van der Waals surface area contributed by atoms with Gasteiger partial charge in [-0.1, -0.05) is 12.1 Å². The molecule has 3 aromatic heterocycles. The fraction of sp³-hybridized carbons (Fsp3) is 0.200. The largest absolute Gasteiger partial charge is 0.265 e. The lowest BCUT2D eigenvalue weighted by atomic mass is 9.71. The van der Waals surface area contributed by atoms with Crippen LogP contribution < -0.4 is 0 Å². The van der Waals surface area contributed by atoms with Crippen LogP contribution in [-0.2, 0) is 11.8 Å². The lowest BCUT2D eigenvalue weighted by Gasteiger charge is -2.31. The van der Waals surface area contributed by atoms with Crippen LogP contribution in [0.1, 0.15) is 29.5 Å². The van der Waals surface area contributed by atoms with Crippen LogP contribution in [0.15, 0.2) is 61.2 Å². The summed E-state index contributed by atoms with van der Waals surface area (Å²) < 4.78 is 0. The normalized spacial score (nSPS) is 13.8. The predicted octanol–water partition coefficient (Wildman–Crippen LogP) is 3.68. The first kappa shape index (κ1) is 14.5. The third-order valence-electron chi connectivity index (χ3n) is 4.79. The summed E-state index contributed by atoms with van der Waals surface area (Å²) in [6, 6.07) is 14.6. The van der Waals surface area contributed by atoms with Crippen molar-refractivity contribution in [1.82, 2.24) is 15.0 Å². The van der Waals surface area contributed by atoms with Crippen molar-refractivity contribution >= 4 is 0 Å². The molecule has 0 bridgehead atoms. The highest BCUT2D eigenvalue weighted by molar-refractivity contribution is 5.75. The van der Waals surface area contributed by atoms with E-state index in [9.17, 15) is 5.26 Å². The number of hydrogen-bond acceptors (Lipinski definition) is 4. The second-order valence-corrected chi connectivity index (χ2v) is 6.07. The molecule has 0 aromatic carbocycles. The molecule has 0 fully saturated rings. The number of nitrogens with zero attached hydrogens (tertiary/aromatic N) is 4. The summed E-state index contributed by atoms with van der Waals surface area (Å²) in [6.45, 7) is 0. The van der Waals surface area contributed by atoms with E-state index in [0.29, 0.717) is 6.42 Å². The minimum atomic E-state index is -0.260. The number of aromatic nitrogens is 3. The number of nitriles is 1. The number of rotatable bonds is 4. The van der Waals surface area contributed by atoms with E-state index < -0.39 is 0 Å². The van der Waals surface area contributed by atoms with Crippen molar-refractivity contribution in [2.75, 3.05) is 0 Å². The molecule has 0 saturated carbocycles. The van der Waals surface area contributed by atoms with E-state index in [4.69, 9.17) is 0 Å². The summed E-state index contributed by atoms with van der Waals surface area (Å²) in [6.07, 6.45) is 9.31. The van der Waals surface area contributed by atoms with Gasteiger partial charge >= 0.3 is 0 Å². The Bertz CT molecular complexity index is 867. The minimum absolute atomic E-state index is 0.260. The first-order valence-electron chi connectivity index (χ1n) is 8.02. The second kappa shape index (κ2) is 5.86. The third-order valence-corrected chi connectivity index (χ3v) is 4.79. The van der Waals surface area contributed by atoms with Crippen molar-refractivity contribution in [2.24, 2.45) is 0 Å². The average Bonchev–Trinajstić information content (AvgIpc) is 2.92. The van der Waals surface area contributed by atoms with E-state index in [-0.39, 0.29) is 5.41 Å². The van der Waals surface area contributed by atoms with E-state index in [1.54, 1.807) is 0 Å². The standard InChI is InChI=1S/C20H16N4/c21-9-3-8-20(14-15-6-12-22-13-7-15)16-4-1-10-23-18(16)19-17(20)5-2-11-24-19/h1-2,4-7,10-13H,3,8,14H2. The van der Waals surface area contributed by atoms with Gasteiger partial charge in [-0.25, -0.2) is 0 Å². The van der Waals surface area contributed by atoms with Crippen LogP contribution >= 0.6 is 0 Å². The van der Waals surface area contributed by atoms with Gasteiger partial charge in [0.1, 0.15) is 0 Å². The topological polar surface area (TPSA) is 62.5 Å². The Morgan fingerprint density at radius 3 is 2.08 bits per heavy atom. The van der Waals surface area contributed by atoms with Crippen molar-refractivity contribution in [1.29, 1.82) is 5.26 Å². The van der Waals surface area contributed by atoms with E-state index in [2.05, 4.69) is 33.2 Å². The van der Waals surface area contributed by atoms with Gasteiger partial charge in [0.05, 0.1) is 17.5 Å². The molecule has 0 N–H and O–H groups in total. The molecule has 0 spiro atoms. The van der Waals surface area contributed by atoms with E-state index in [0.717, 1.165) is 24.2 Å². The van der Waals surface area contributed by atoms with Crippen LogP contribution in [0.25, 0.3) is 11.4 Å². The fourth-order valence-electron chi connectivity index (χ4n) is 3.77. The SMILES string of the molecule is N#CCCC1(Cc2ccncc2)c2cccnc2-c2ncccc21. The summed E-state index contributed by atoms with van der Waals surface area (Å²) in [5, 5.41) is 9.21. The number of fused-ring (bicyclic) bond motifs is 3. The van der Waals surface area contributed by atoms with Gasteiger partial charge in [0.2, 0.25) is 0 Å². The van der Waals surface area contributed by atoms with Gasteiger partial charge in [-0.05, 0) is 53.8 Å². The molecule has 4 heteroatoms. The molecule has 0 atom stereocenters. The van der Waals surface area contributed by atoms with Crippen LogP contribution in [0.4, 0.5) is 0 Å². The molecular weight excluding hydrogens is 296 g/mol. The van der Waals surface area contributed by atoms with Gasteiger partial charge < -0.3 is 0 Å². The minimum Gasteiger partial charge on any atom is -0.265 e. The molecule has 116 valence electrons. The first-order valence-corrected chi connectivity index (χ1v) is 8.02. The highest BCUT2D eigenvalue weighted by Crippen LogP contribution is 2.51. The van der Waals surface area contributed by atoms with Crippen LogP contribution in [-0.4, -0.2) is 15.0 Å². The molecule has 0 radical (unpaired) electrons. The first-order chi connectivity index (χ1) is 11.8. The van der Waals surface area contributed by atoms with Gasteiger partial charge in [-0.3, -0.25) is 15.0 Å². The lowest BCUT2D eigenvalue weighted by Crippen LogP contribution is -2.28.